The first-order chi connectivity index (χ1) is 6.75. The predicted molar refractivity (Wildman–Crippen MR) is 61.9 cm³/mol. The summed E-state index contributed by atoms with van der Waals surface area (Å²) in [4.78, 5) is 0. The Bertz CT molecular complexity index is 298. The molecule has 0 amide bonds. The molecule has 1 saturated carbocycles. The predicted octanol–water partition coefficient (Wildman–Crippen LogP) is 3.61. The highest BCUT2D eigenvalue weighted by Crippen LogP contribution is 2.36. The van der Waals surface area contributed by atoms with Gasteiger partial charge in [0.1, 0.15) is 0 Å². The van der Waals surface area contributed by atoms with E-state index in [-0.39, 0.29) is 0 Å². The van der Waals surface area contributed by atoms with Gasteiger partial charge in [0.2, 0.25) is 0 Å². The van der Waals surface area contributed by atoms with Gasteiger partial charge in [0.25, 0.3) is 0 Å². The Morgan fingerprint density at radius 2 is 1.86 bits per heavy atom. The van der Waals surface area contributed by atoms with Crippen molar-refractivity contribution < 1.29 is 0 Å². The van der Waals surface area contributed by atoms with Crippen molar-refractivity contribution in [1.29, 1.82) is 0 Å². The Morgan fingerprint density at radius 1 is 1.14 bits per heavy atom. The number of rotatable bonds is 1. The van der Waals surface area contributed by atoms with E-state index < -0.39 is 0 Å². The zero-order valence-electron chi connectivity index (χ0n) is 8.87. The highest BCUT2D eigenvalue weighted by Gasteiger charge is 2.18. The van der Waals surface area contributed by atoms with Crippen molar-refractivity contribution in [3.05, 3.63) is 35.4 Å². The van der Waals surface area contributed by atoms with Crippen molar-refractivity contribution in [3.63, 3.8) is 0 Å². The van der Waals surface area contributed by atoms with Crippen molar-refractivity contribution in [1.82, 2.24) is 0 Å². The minimum atomic E-state index is 0.455. The fraction of sp³-hybridized carbons (Fsp3) is 0.538. The van der Waals surface area contributed by atoms with Crippen molar-refractivity contribution in [2.45, 2.75) is 44.3 Å². The van der Waals surface area contributed by atoms with Gasteiger partial charge in [0.15, 0.2) is 0 Å². The minimum absolute atomic E-state index is 0.455. The maximum absolute atomic E-state index is 5.90. The van der Waals surface area contributed by atoms with Crippen LogP contribution >= 0.6 is 0 Å². The molecule has 0 aromatic heterocycles. The van der Waals surface area contributed by atoms with E-state index in [1.54, 1.807) is 0 Å². The molecule has 1 aliphatic carbocycles. The number of benzene rings is 1. The topological polar surface area (TPSA) is 0 Å². The molecule has 0 unspecified atom stereocenters. The summed E-state index contributed by atoms with van der Waals surface area (Å²) >= 11 is 0. The second kappa shape index (κ2) is 4.21. The second-order valence-electron chi connectivity index (χ2n) is 4.53. The summed E-state index contributed by atoms with van der Waals surface area (Å²) in [5.41, 5.74) is 2.88. The Labute approximate surface area is 88.1 Å². The molecule has 0 bridgehead atoms. The lowest BCUT2D eigenvalue weighted by molar-refractivity contribution is 0.444. The van der Waals surface area contributed by atoms with Gasteiger partial charge in [0.05, 0.1) is 7.85 Å². The molecule has 14 heavy (non-hydrogen) atoms. The van der Waals surface area contributed by atoms with E-state index in [2.05, 4.69) is 31.2 Å². The van der Waals surface area contributed by atoms with Gasteiger partial charge in [-0.2, -0.15) is 0 Å². The van der Waals surface area contributed by atoms with Crippen LogP contribution in [0.2, 0.25) is 5.82 Å². The first-order valence-electron chi connectivity index (χ1n) is 5.58. The summed E-state index contributed by atoms with van der Waals surface area (Å²) in [6.07, 6.45) is 4.92. The van der Waals surface area contributed by atoms with Gasteiger partial charge in [-0.05, 0) is 31.2 Å². The quantitative estimate of drug-likeness (QED) is 0.585. The number of aryl methyl sites for hydroxylation is 1. The van der Waals surface area contributed by atoms with E-state index in [1.165, 1.54) is 36.8 Å². The van der Waals surface area contributed by atoms with Crippen LogP contribution in [0.15, 0.2) is 24.3 Å². The van der Waals surface area contributed by atoms with Crippen molar-refractivity contribution in [3.8, 4) is 0 Å². The molecule has 0 atom stereocenters. The van der Waals surface area contributed by atoms with E-state index in [1.807, 2.05) is 0 Å². The zero-order valence-corrected chi connectivity index (χ0v) is 8.87. The summed E-state index contributed by atoms with van der Waals surface area (Å²) in [6, 6.07) is 8.91. The lowest BCUT2D eigenvalue weighted by Crippen LogP contribution is -2.09. The zero-order chi connectivity index (χ0) is 9.97. The van der Waals surface area contributed by atoms with Gasteiger partial charge in [-0.15, -0.1) is 0 Å². The van der Waals surface area contributed by atoms with Crippen LogP contribution in [0.1, 0.15) is 42.7 Å². The Kier molecular flexibility index (Phi) is 2.95. The van der Waals surface area contributed by atoms with Gasteiger partial charge in [-0.25, -0.2) is 0 Å². The molecule has 0 aliphatic heterocycles. The highest BCUT2D eigenvalue weighted by atomic mass is 14.2. The summed E-state index contributed by atoms with van der Waals surface area (Å²) < 4.78 is 0. The van der Waals surface area contributed by atoms with E-state index in [4.69, 9.17) is 7.85 Å². The van der Waals surface area contributed by atoms with Crippen LogP contribution in [-0.4, -0.2) is 7.85 Å². The fourth-order valence-corrected chi connectivity index (χ4v) is 2.38. The van der Waals surface area contributed by atoms with Crippen LogP contribution in [0, 0.1) is 6.92 Å². The molecule has 1 aromatic carbocycles. The van der Waals surface area contributed by atoms with Crippen LogP contribution in [0.3, 0.4) is 0 Å². The van der Waals surface area contributed by atoms with Gasteiger partial charge < -0.3 is 0 Å². The fourth-order valence-electron chi connectivity index (χ4n) is 2.38. The van der Waals surface area contributed by atoms with Crippen LogP contribution in [-0.2, 0) is 0 Å². The molecule has 1 heteroatoms. The summed E-state index contributed by atoms with van der Waals surface area (Å²) in [6.45, 7) is 2.16. The molecule has 1 aromatic rings. The molecule has 2 rings (SSSR count). The molecule has 0 N–H and O–H groups in total. The molecule has 1 fully saturated rings. The number of hydrogen-bond donors (Lipinski definition) is 0. The molecular formula is C13H17B. The van der Waals surface area contributed by atoms with Gasteiger partial charge >= 0.3 is 0 Å². The third-order valence-electron chi connectivity index (χ3n) is 3.29. The van der Waals surface area contributed by atoms with Crippen LogP contribution < -0.4 is 0 Å². The van der Waals surface area contributed by atoms with Crippen molar-refractivity contribution >= 4 is 7.85 Å². The average molecular weight is 184 g/mol. The Morgan fingerprint density at radius 3 is 2.50 bits per heavy atom. The first kappa shape index (κ1) is 9.83. The molecule has 0 saturated heterocycles. The Balaban J connectivity index is 2.08. The SMILES string of the molecule is [B]C1CCC(c2cccc(C)c2)CC1. The molecule has 0 spiro atoms. The van der Waals surface area contributed by atoms with Crippen LogP contribution in [0.25, 0.3) is 0 Å². The second-order valence-corrected chi connectivity index (χ2v) is 4.53. The minimum Gasteiger partial charge on any atom is -0.0773 e. The first-order valence-corrected chi connectivity index (χ1v) is 5.58. The van der Waals surface area contributed by atoms with Crippen molar-refractivity contribution in [2.75, 3.05) is 0 Å². The maximum atomic E-state index is 5.90. The van der Waals surface area contributed by atoms with E-state index >= 15 is 0 Å². The summed E-state index contributed by atoms with van der Waals surface area (Å²) in [5, 5.41) is 0. The van der Waals surface area contributed by atoms with Gasteiger partial charge in [-0.3, -0.25) is 0 Å². The van der Waals surface area contributed by atoms with Crippen LogP contribution in [0.4, 0.5) is 0 Å². The third-order valence-corrected chi connectivity index (χ3v) is 3.29. The van der Waals surface area contributed by atoms with Gasteiger partial charge in [-0.1, -0.05) is 48.5 Å². The molecule has 1 aliphatic rings. The molecule has 0 nitrogen and oxygen atoms in total. The smallest absolute Gasteiger partial charge is 0.0699 e. The normalized spacial score (nSPS) is 27.5. The molecule has 72 valence electrons. The van der Waals surface area contributed by atoms with E-state index in [0.29, 0.717) is 5.82 Å². The summed E-state index contributed by atoms with van der Waals surface area (Å²) in [5.74, 6) is 1.21. The summed E-state index contributed by atoms with van der Waals surface area (Å²) in [7, 11) is 5.90. The van der Waals surface area contributed by atoms with Crippen LogP contribution in [0.5, 0.6) is 0 Å². The maximum Gasteiger partial charge on any atom is 0.0699 e. The third kappa shape index (κ3) is 2.20. The van der Waals surface area contributed by atoms with Crippen molar-refractivity contribution in [2.24, 2.45) is 0 Å². The molecular weight excluding hydrogens is 167 g/mol. The lowest BCUT2D eigenvalue weighted by Gasteiger charge is -2.26. The average Bonchev–Trinajstić information content (AvgIpc) is 2.19. The monoisotopic (exact) mass is 184 g/mol. The lowest BCUT2D eigenvalue weighted by atomic mass is 9.70. The number of hydrogen-bond acceptors (Lipinski definition) is 0. The Hall–Kier alpha value is -0.715. The van der Waals surface area contributed by atoms with E-state index in [0.717, 1.165) is 5.92 Å². The largest absolute Gasteiger partial charge is 0.0773 e. The molecule has 0 heterocycles. The molecule has 2 radical (unpaired) electrons. The van der Waals surface area contributed by atoms with Gasteiger partial charge in [0, 0.05) is 0 Å². The standard InChI is InChI=1S/C13H17B/c1-10-3-2-4-12(9-10)11-5-7-13(14)8-6-11/h2-4,9,11,13H,5-8H2,1H3. The van der Waals surface area contributed by atoms with E-state index in [9.17, 15) is 0 Å². The highest BCUT2D eigenvalue weighted by molar-refractivity contribution is 6.11.